The summed E-state index contributed by atoms with van der Waals surface area (Å²) in [5.74, 6) is 0.419. The van der Waals surface area contributed by atoms with Crippen molar-refractivity contribution in [1.82, 2.24) is 10.6 Å². The van der Waals surface area contributed by atoms with Gasteiger partial charge in [0.25, 0.3) is 0 Å². The second-order valence-corrected chi connectivity index (χ2v) is 6.16. The van der Waals surface area contributed by atoms with Gasteiger partial charge in [-0.05, 0) is 56.5 Å². The van der Waals surface area contributed by atoms with Crippen molar-refractivity contribution >= 4 is 6.03 Å². The zero-order chi connectivity index (χ0) is 17.0. The Labute approximate surface area is 136 Å². The van der Waals surface area contributed by atoms with E-state index in [1.165, 1.54) is 11.8 Å². The Morgan fingerprint density at radius 1 is 1.22 bits per heavy atom. The Morgan fingerprint density at radius 2 is 1.87 bits per heavy atom. The number of carbonyl (C=O) groups excluding carboxylic acids is 1. The fourth-order valence-electron chi connectivity index (χ4n) is 2.64. The molecule has 1 unspecified atom stereocenters. The van der Waals surface area contributed by atoms with Crippen molar-refractivity contribution < 1.29 is 14.3 Å². The molecular formula is C18H24N2O3. The molecule has 0 radical (unpaired) electrons. The molecule has 0 aliphatic carbocycles. The molecule has 0 saturated carbocycles. The lowest BCUT2D eigenvalue weighted by atomic mass is 10.00. The number of aliphatic hydroxyl groups is 1. The van der Waals surface area contributed by atoms with Crippen LogP contribution in [0.15, 0.2) is 34.9 Å². The van der Waals surface area contributed by atoms with Gasteiger partial charge in [0.05, 0.1) is 12.8 Å². The lowest BCUT2D eigenvalue weighted by Crippen LogP contribution is -2.43. The number of carbonyl (C=O) groups is 1. The smallest absolute Gasteiger partial charge is 0.315 e. The predicted octanol–water partition coefficient (Wildman–Crippen LogP) is 2.91. The van der Waals surface area contributed by atoms with E-state index in [4.69, 9.17) is 4.42 Å². The molecule has 1 atom stereocenters. The van der Waals surface area contributed by atoms with Gasteiger partial charge >= 0.3 is 6.03 Å². The fourth-order valence-corrected chi connectivity index (χ4v) is 2.64. The summed E-state index contributed by atoms with van der Waals surface area (Å²) in [6, 6.07) is 7.26. The van der Waals surface area contributed by atoms with E-state index in [9.17, 15) is 9.90 Å². The third-order valence-corrected chi connectivity index (χ3v) is 3.91. The second-order valence-electron chi connectivity index (χ2n) is 6.16. The van der Waals surface area contributed by atoms with Gasteiger partial charge in [-0.25, -0.2) is 4.79 Å². The lowest BCUT2D eigenvalue weighted by Gasteiger charge is -2.21. The molecule has 2 amide bonds. The third kappa shape index (κ3) is 4.36. The Kier molecular flexibility index (Phi) is 5.11. The van der Waals surface area contributed by atoms with Gasteiger partial charge < -0.3 is 20.2 Å². The van der Waals surface area contributed by atoms with Gasteiger partial charge in [-0.2, -0.15) is 0 Å². The van der Waals surface area contributed by atoms with Crippen molar-refractivity contribution in [2.45, 2.75) is 39.8 Å². The highest BCUT2D eigenvalue weighted by molar-refractivity contribution is 5.74. The maximum absolute atomic E-state index is 12.0. The Hall–Kier alpha value is -2.27. The van der Waals surface area contributed by atoms with Crippen LogP contribution in [0.4, 0.5) is 4.79 Å². The standard InChI is InChI=1S/C18H24N2O3/c1-12-8-13(2)15(14(3)9-12)10-19-17(21)20-11-18(4,22)16-6-5-7-23-16/h5-9,22H,10-11H2,1-4H3,(H2,19,20,21). The highest BCUT2D eigenvalue weighted by atomic mass is 16.4. The zero-order valence-corrected chi connectivity index (χ0v) is 14.1. The molecule has 124 valence electrons. The molecule has 1 aromatic carbocycles. The van der Waals surface area contributed by atoms with Gasteiger partial charge in [-0.3, -0.25) is 0 Å². The molecule has 5 heteroatoms. The van der Waals surface area contributed by atoms with Crippen LogP contribution in [-0.4, -0.2) is 17.7 Å². The Morgan fingerprint density at radius 3 is 2.43 bits per heavy atom. The van der Waals surface area contributed by atoms with Crippen molar-refractivity contribution in [3.8, 4) is 0 Å². The molecule has 0 saturated heterocycles. The Balaban J connectivity index is 1.89. The van der Waals surface area contributed by atoms with Crippen molar-refractivity contribution in [3.63, 3.8) is 0 Å². The average molecular weight is 316 g/mol. The maximum atomic E-state index is 12.0. The lowest BCUT2D eigenvalue weighted by molar-refractivity contribution is 0.0367. The molecule has 0 spiro atoms. The number of benzene rings is 1. The van der Waals surface area contributed by atoms with E-state index in [-0.39, 0.29) is 12.6 Å². The van der Waals surface area contributed by atoms with Crippen LogP contribution in [0.25, 0.3) is 0 Å². The van der Waals surface area contributed by atoms with Crippen molar-refractivity contribution in [1.29, 1.82) is 0 Å². The first kappa shape index (κ1) is 17.1. The first-order valence-electron chi connectivity index (χ1n) is 7.64. The van der Waals surface area contributed by atoms with Gasteiger partial charge in [0.2, 0.25) is 0 Å². The molecule has 0 bridgehead atoms. The van der Waals surface area contributed by atoms with E-state index < -0.39 is 5.60 Å². The van der Waals surface area contributed by atoms with E-state index in [2.05, 4.69) is 29.7 Å². The molecule has 3 N–H and O–H groups in total. The highest BCUT2D eigenvalue weighted by Gasteiger charge is 2.26. The molecule has 2 aromatic rings. The minimum Gasteiger partial charge on any atom is -0.466 e. The SMILES string of the molecule is Cc1cc(C)c(CNC(=O)NCC(C)(O)c2ccco2)c(C)c1. The molecule has 0 fully saturated rings. The number of furan rings is 1. The fraction of sp³-hybridized carbons (Fsp3) is 0.389. The molecular weight excluding hydrogens is 292 g/mol. The van der Waals surface area contributed by atoms with E-state index >= 15 is 0 Å². The minimum atomic E-state index is -1.24. The van der Waals surface area contributed by atoms with Gasteiger partial charge in [-0.15, -0.1) is 0 Å². The highest BCUT2D eigenvalue weighted by Crippen LogP contribution is 2.19. The largest absolute Gasteiger partial charge is 0.466 e. The summed E-state index contributed by atoms with van der Waals surface area (Å²) >= 11 is 0. The molecule has 0 aliphatic rings. The molecule has 2 rings (SSSR count). The van der Waals surface area contributed by atoms with Crippen molar-refractivity contribution in [2.75, 3.05) is 6.54 Å². The van der Waals surface area contributed by atoms with E-state index in [0.29, 0.717) is 12.3 Å². The van der Waals surface area contributed by atoms with Crippen molar-refractivity contribution in [3.05, 3.63) is 58.5 Å². The van der Waals surface area contributed by atoms with Crippen LogP contribution in [0, 0.1) is 20.8 Å². The van der Waals surface area contributed by atoms with Crippen LogP contribution < -0.4 is 10.6 Å². The number of hydrogen-bond donors (Lipinski definition) is 3. The number of rotatable bonds is 5. The van der Waals surface area contributed by atoms with Gasteiger partial charge in [-0.1, -0.05) is 17.7 Å². The molecule has 1 aromatic heterocycles. The van der Waals surface area contributed by atoms with E-state index in [1.54, 1.807) is 19.1 Å². The quantitative estimate of drug-likeness (QED) is 0.794. The maximum Gasteiger partial charge on any atom is 0.315 e. The van der Waals surface area contributed by atoms with Crippen molar-refractivity contribution in [2.24, 2.45) is 0 Å². The summed E-state index contributed by atoms with van der Waals surface area (Å²) < 4.78 is 5.18. The number of amides is 2. The van der Waals surface area contributed by atoms with Crippen LogP contribution in [0.5, 0.6) is 0 Å². The number of urea groups is 1. The van der Waals surface area contributed by atoms with Crippen LogP contribution in [0.2, 0.25) is 0 Å². The van der Waals surface area contributed by atoms with E-state index in [1.807, 2.05) is 13.8 Å². The normalized spacial score (nSPS) is 13.4. The summed E-state index contributed by atoms with van der Waals surface area (Å²) in [4.78, 5) is 12.0. The van der Waals surface area contributed by atoms with Gasteiger partial charge in [0, 0.05) is 6.54 Å². The number of aryl methyl sites for hydroxylation is 3. The first-order valence-corrected chi connectivity index (χ1v) is 7.64. The number of hydrogen-bond acceptors (Lipinski definition) is 3. The molecule has 5 nitrogen and oxygen atoms in total. The topological polar surface area (TPSA) is 74.5 Å². The number of nitrogens with one attached hydrogen (secondary N) is 2. The summed E-state index contributed by atoms with van der Waals surface area (Å²) in [7, 11) is 0. The molecule has 0 aliphatic heterocycles. The predicted molar refractivity (Wildman–Crippen MR) is 89.2 cm³/mol. The third-order valence-electron chi connectivity index (χ3n) is 3.91. The van der Waals surface area contributed by atoms with Crippen LogP contribution in [0.3, 0.4) is 0 Å². The molecule has 23 heavy (non-hydrogen) atoms. The zero-order valence-electron chi connectivity index (χ0n) is 14.1. The van der Waals surface area contributed by atoms with Crippen LogP contribution in [0.1, 0.15) is 34.9 Å². The summed E-state index contributed by atoms with van der Waals surface area (Å²) in [6.07, 6.45) is 1.49. The van der Waals surface area contributed by atoms with Gasteiger partial charge in [0.1, 0.15) is 11.4 Å². The first-order chi connectivity index (χ1) is 10.8. The summed E-state index contributed by atoms with van der Waals surface area (Å²) in [6.45, 7) is 8.25. The molecule has 1 heterocycles. The average Bonchev–Trinajstić information content (AvgIpc) is 2.99. The van der Waals surface area contributed by atoms with Crippen LogP contribution >= 0.6 is 0 Å². The minimum absolute atomic E-state index is 0.0677. The van der Waals surface area contributed by atoms with E-state index in [0.717, 1.165) is 16.7 Å². The monoisotopic (exact) mass is 316 g/mol. The summed E-state index contributed by atoms with van der Waals surface area (Å²) in [5, 5.41) is 15.8. The van der Waals surface area contributed by atoms with Crippen LogP contribution in [-0.2, 0) is 12.1 Å². The Bertz CT molecular complexity index is 653. The second kappa shape index (κ2) is 6.87. The summed E-state index contributed by atoms with van der Waals surface area (Å²) in [5.41, 5.74) is 3.40. The van der Waals surface area contributed by atoms with Gasteiger partial charge in [0.15, 0.2) is 0 Å².